The van der Waals surface area contributed by atoms with Crippen molar-refractivity contribution >= 4 is 57.6 Å². The maximum absolute atomic E-state index is 13.1. The summed E-state index contributed by atoms with van der Waals surface area (Å²) in [5, 5.41) is 14.5. The molecule has 1 amide bonds. The highest BCUT2D eigenvalue weighted by atomic mass is 32.2. The summed E-state index contributed by atoms with van der Waals surface area (Å²) in [6.07, 6.45) is 1.17. The number of rotatable bonds is 9. The standard InChI is InChI=1S/C21H24N4O7S2/c1-5-10-8-33-18-11(17(28)25(18)16(10)19(29)30)6-13(26)15(12-9-34-20(22)23-12)24-31-7-14(27)32-21(2,3)4/h5,9,11,18H,1,6-8H2,2-4H3,(H2,22,23)(H,29,30)/b24-15-/t11-,18-/m1/s1. The van der Waals surface area contributed by atoms with Crippen molar-refractivity contribution in [3.05, 3.63) is 35.0 Å². The molecule has 1 aromatic heterocycles. The number of Topliss-reactive ketones (excluding diaryl/α,β-unsaturated/α-hetero) is 1. The quantitative estimate of drug-likeness (QED) is 0.218. The molecule has 3 heterocycles. The predicted molar refractivity (Wildman–Crippen MR) is 126 cm³/mol. The van der Waals surface area contributed by atoms with E-state index in [2.05, 4.69) is 16.7 Å². The number of esters is 1. The number of hydrogen-bond acceptors (Lipinski definition) is 11. The molecule has 3 rings (SSSR count). The van der Waals surface area contributed by atoms with Crippen LogP contribution in [-0.2, 0) is 28.8 Å². The van der Waals surface area contributed by atoms with Crippen molar-refractivity contribution in [2.75, 3.05) is 18.1 Å². The Morgan fingerprint density at radius 2 is 2.12 bits per heavy atom. The summed E-state index contributed by atoms with van der Waals surface area (Å²) in [6, 6.07) is 0. The molecule has 0 saturated carbocycles. The number of nitrogens with two attached hydrogens (primary N) is 1. The summed E-state index contributed by atoms with van der Waals surface area (Å²) in [7, 11) is 0. The van der Waals surface area contributed by atoms with Crippen LogP contribution in [-0.4, -0.2) is 67.7 Å². The first-order valence-electron chi connectivity index (χ1n) is 10.1. The zero-order valence-electron chi connectivity index (χ0n) is 18.8. The number of carbonyl (C=O) groups is 4. The molecule has 2 atom stereocenters. The average molecular weight is 509 g/mol. The van der Waals surface area contributed by atoms with Crippen LogP contribution in [0.1, 0.15) is 32.9 Å². The first-order chi connectivity index (χ1) is 15.9. The van der Waals surface area contributed by atoms with E-state index < -0.39 is 47.1 Å². The van der Waals surface area contributed by atoms with E-state index in [0.717, 1.165) is 11.3 Å². The van der Waals surface area contributed by atoms with Crippen LogP contribution in [0.4, 0.5) is 5.13 Å². The van der Waals surface area contributed by atoms with Gasteiger partial charge in [-0.05, 0) is 26.3 Å². The summed E-state index contributed by atoms with van der Waals surface area (Å²) < 4.78 is 5.14. The van der Waals surface area contributed by atoms with Gasteiger partial charge in [0.1, 0.15) is 17.0 Å². The second-order valence-electron chi connectivity index (χ2n) is 8.40. The molecule has 2 aliphatic heterocycles. The van der Waals surface area contributed by atoms with E-state index in [1.165, 1.54) is 28.1 Å². The number of aliphatic carboxylic acids is 1. The molecule has 34 heavy (non-hydrogen) atoms. The maximum atomic E-state index is 13.1. The number of thiazole rings is 1. The minimum Gasteiger partial charge on any atom is -0.477 e. The molecular formula is C21H24N4O7S2. The Labute approximate surface area is 203 Å². The minimum atomic E-state index is -1.23. The van der Waals surface area contributed by atoms with Gasteiger partial charge in [0.2, 0.25) is 12.5 Å². The van der Waals surface area contributed by atoms with Gasteiger partial charge in [-0.2, -0.15) is 0 Å². The molecule has 0 bridgehead atoms. The van der Waals surface area contributed by atoms with Gasteiger partial charge in [0.05, 0.1) is 11.3 Å². The van der Waals surface area contributed by atoms with E-state index in [9.17, 15) is 24.3 Å². The molecule has 1 aromatic rings. The number of ether oxygens (including phenoxy) is 1. The topological polar surface area (TPSA) is 161 Å². The van der Waals surface area contributed by atoms with Crippen molar-refractivity contribution in [3.63, 3.8) is 0 Å². The lowest BCUT2D eigenvalue weighted by molar-refractivity contribution is -0.160. The van der Waals surface area contributed by atoms with Crippen molar-refractivity contribution in [2.45, 2.75) is 38.2 Å². The number of aromatic nitrogens is 1. The molecule has 0 radical (unpaired) electrons. The summed E-state index contributed by atoms with van der Waals surface area (Å²) in [5.41, 5.74) is 5.25. The number of β-lactam (4-membered cyclic amide) rings is 1. The van der Waals surface area contributed by atoms with Crippen molar-refractivity contribution < 1.29 is 33.9 Å². The normalized spacial score (nSPS) is 20.4. The summed E-state index contributed by atoms with van der Waals surface area (Å²) in [5.74, 6) is -3.32. The fourth-order valence-corrected chi connectivity index (χ4v) is 5.34. The van der Waals surface area contributed by atoms with E-state index in [0.29, 0.717) is 11.3 Å². The highest BCUT2D eigenvalue weighted by molar-refractivity contribution is 8.00. The number of amides is 1. The van der Waals surface area contributed by atoms with Crippen LogP contribution >= 0.6 is 23.1 Å². The van der Waals surface area contributed by atoms with Crippen LogP contribution in [0.25, 0.3) is 0 Å². The van der Waals surface area contributed by atoms with E-state index in [1.54, 1.807) is 20.8 Å². The number of thioether (sulfide) groups is 1. The summed E-state index contributed by atoms with van der Waals surface area (Å²) in [4.78, 5) is 59.7. The first kappa shape index (κ1) is 25.4. The van der Waals surface area contributed by atoms with Crippen molar-refractivity contribution in [1.82, 2.24) is 9.88 Å². The maximum Gasteiger partial charge on any atom is 0.352 e. The summed E-state index contributed by atoms with van der Waals surface area (Å²) >= 11 is 2.44. The zero-order valence-corrected chi connectivity index (χ0v) is 20.4. The van der Waals surface area contributed by atoms with Crippen molar-refractivity contribution in [1.29, 1.82) is 0 Å². The van der Waals surface area contributed by atoms with Crippen molar-refractivity contribution in [3.8, 4) is 0 Å². The Morgan fingerprint density at radius 1 is 1.41 bits per heavy atom. The Balaban J connectivity index is 1.75. The molecule has 0 aromatic carbocycles. The van der Waals surface area contributed by atoms with Gasteiger partial charge < -0.3 is 20.4 Å². The van der Waals surface area contributed by atoms with Crippen LogP contribution in [0.15, 0.2) is 34.5 Å². The number of carbonyl (C=O) groups excluding carboxylic acids is 3. The number of fused-ring (bicyclic) bond motifs is 1. The number of allylic oxidation sites excluding steroid dienone is 1. The fourth-order valence-electron chi connectivity index (χ4n) is 3.39. The van der Waals surface area contributed by atoms with Gasteiger partial charge in [0.15, 0.2) is 16.6 Å². The molecule has 182 valence electrons. The Kier molecular flexibility index (Phi) is 7.46. The minimum absolute atomic E-state index is 0.116. The second-order valence-corrected chi connectivity index (χ2v) is 10.4. The van der Waals surface area contributed by atoms with Gasteiger partial charge in [0.25, 0.3) is 0 Å². The lowest BCUT2D eigenvalue weighted by atomic mass is 9.89. The van der Waals surface area contributed by atoms with Gasteiger partial charge >= 0.3 is 11.9 Å². The van der Waals surface area contributed by atoms with Crippen LogP contribution < -0.4 is 5.73 Å². The predicted octanol–water partition coefficient (Wildman–Crippen LogP) is 1.80. The van der Waals surface area contributed by atoms with E-state index >= 15 is 0 Å². The molecule has 13 heteroatoms. The molecule has 0 unspecified atom stereocenters. The van der Waals surface area contributed by atoms with Crippen LogP contribution in [0.3, 0.4) is 0 Å². The monoisotopic (exact) mass is 508 g/mol. The molecule has 3 N–H and O–H groups in total. The van der Waals surface area contributed by atoms with Gasteiger partial charge in [-0.1, -0.05) is 17.8 Å². The molecule has 2 aliphatic rings. The Hall–Kier alpha value is -3.19. The number of ketones is 1. The van der Waals surface area contributed by atoms with E-state index in [4.69, 9.17) is 15.3 Å². The highest BCUT2D eigenvalue weighted by Crippen LogP contribution is 2.45. The number of carboxylic acids is 1. The third-order valence-electron chi connectivity index (χ3n) is 4.75. The smallest absolute Gasteiger partial charge is 0.352 e. The Bertz CT molecular complexity index is 1100. The molecular weight excluding hydrogens is 484 g/mol. The molecule has 1 fully saturated rings. The van der Waals surface area contributed by atoms with Crippen LogP contribution in [0, 0.1) is 5.92 Å². The summed E-state index contributed by atoms with van der Waals surface area (Å²) in [6.45, 7) is 8.18. The zero-order chi connectivity index (χ0) is 25.2. The van der Waals surface area contributed by atoms with Crippen LogP contribution in [0.2, 0.25) is 0 Å². The molecule has 0 spiro atoms. The lowest BCUT2D eigenvalue weighted by Crippen LogP contribution is -2.62. The lowest BCUT2D eigenvalue weighted by Gasteiger charge is -2.49. The van der Waals surface area contributed by atoms with Gasteiger partial charge in [-0.25, -0.2) is 14.6 Å². The average Bonchev–Trinajstić information content (AvgIpc) is 3.18. The SMILES string of the molecule is C=CC1=C(C(=O)O)N2C(=O)[C@@H](CC(=O)/C(=N\OCC(=O)OC(C)(C)C)c3csc(N)n3)[C@H]2SC1. The number of anilines is 1. The molecule has 11 nitrogen and oxygen atoms in total. The number of nitrogens with zero attached hydrogens (tertiary/aromatic N) is 3. The third-order valence-corrected chi connectivity index (χ3v) is 6.78. The molecule has 1 saturated heterocycles. The van der Waals surface area contributed by atoms with E-state index in [-0.39, 0.29) is 28.7 Å². The van der Waals surface area contributed by atoms with Gasteiger partial charge in [-0.15, -0.1) is 23.1 Å². The number of nitrogen functional groups attached to an aromatic ring is 1. The highest BCUT2D eigenvalue weighted by Gasteiger charge is 2.53. The van der Waals surface area contributed by atoms with E-state index in [1.807, 2.05) is 0 Å². The van der Waals surface area contributed by atoms with Gasteiger partial charge in [-0.3, -0.25) is 14.5 Å². The number of oxime groups is 1. The molecule has 0 aliphatic carbocycles. The largest absolute Gasteiger partial charge is 0.477 e. The van der Waals surface area contributed by atoms with Crippen molar-refractivity contribution in [2.24, 2.45) is 11.1 Å². The fraction of sp³-hybridized carbons (Fsp3) is 0.429. The van der Waals surface area contributed by atoms with Crippen LogP contribution in [0.5, 0.6) is 0 Å². The van der Waals surface area contributed by atoms with Gasteiger partial charge in [0, 0.05) is 17.6 Å². The first-order valence-corrected chi connectivity index (χ1v) is 12.1. The Morgan fingerprint density at radius 3 is 2.68 bits per heavy atom. The number of hydrogen-bond donors (Lipinski definition) is 2. The number of carboxylic acid groups (broad SMARTS) is 1. The third kappa shape index (κ3) is 5.47. The second kappa shape index (κ2) is 9.97.